The van der Waals surface area contributed by atoms with Gasteiger partial charge in [0.1, 0.15) is 16.8 Å². The summed E-state index contributed by atoms with van der Waals surface area (Å²) >= 11 is 0. The molecule has 4 aromatic rings. The smallest absolute Gasteiger partial charge is 0.243 e. The van der Waals surface area contributed by atoms with E-state index in [1.807, 2.05) is 30.3 Å². The number of fused-ring (bicyclic) bond motifs is 1. The van der Waals surface area contributed by atoms with Gasteiger partial charge in [0.15, 0.2) is 0 Å². The summed E-state index contributed by atoms with van der Waals surface area (Å²) < 4.78 is 42.3. The Balaban J connectivity index is 1.65. The van der Waals surface area contributed by atoms with Gasteiger partial charge in [0.05, 0.1) is 5.52 Å². The number of hydrogen-bond acceptors (Lipinski definition) is 4. The maximum Gasteiger partial charge on any atom is 0.243 e. The lowest BCUT2D eigenvalue weighted by Gasteiger charge is -2.19. The van der Waals surface area contributed by atoms with E-state index < -0.39 is 27.8 Å². The molecule has 0 radical (unpaired) electrons. The average Bonchev–Trinajstić information content (AvgIpc) is 2.80. The van der Waals surface area contributed by atoms with Crippen LogP contribution in [0.2, 0.25) is 0 Å². The predicted molar refractivity (Wildman–Crippen MR) is 121 cm³/mol. The second-order valence-electron chi connectivity index (χ2n) is 7.19. The number of amides is 1. The molecular formula is C24H20FN3O3S. The molecule has 0 aliphatic heterocycles. The van der Waals surface area contributed by atoms with E-state index in [0.717, 1.165) is 5.56 Å². The lowest BCUT2D eigenvalue weighted by molar-refractivity contribution is -0.117. The van der Waals surface area contributed by atoms with Crippen molar-refractivity contribution in [3.05, 3.63) is 103 Å². The summed E-state index contributed by atoms with van der Waals surface area (Å²) in [6.07, 6.45) is 1.65. The molecule has 1 atom stereocenters. The number of pyridine rings is 1. The Hall–Kier alpha value is -3.62. The van der Waals surface area contributed by atoms with Crippen LogP contribution in [0.1, 0.15) is 5.56 Å². The van der Waals surface area contributed by atoms with Crippen molar-refractivity contribution in [1.82, 2.24) is 9.71 Å². The highest BCUT2D eigenvalue weighted by Gasteiger charge is 2.27. The minimum atomic E-state index is -4.08. The lowest BCUT2D eigenvalue weighted by atomic mass is 10.1. The Bertz CT molecular complexity index is 1340. The van der Waals surface area contributed by atoms with Crippen molar-refractivity contribution in [3.63, 3.8) is 0 Å². The Morgan fingerprint density at radius 1 is 0.906 bits per heavy atom. The number of para-hydroxylation sites is 1. The van der Waals surface area contributed by atoms with Gasteiger partial charge in [-0.25, -0.2) is 12.8 Å². The van der Waals surface area contributed by atoms with Gasteiger partial charge in [0, 0.05) is 17.3 Å². The van der Waals surface area contributed by atoms with Crippen LogP contribution in [0.25, 0.3) is 10.9 Å². The van der Waals surface area contributed by atoms with Crippen molar-refractivity contribution in [2.75, 3.05) is 5.32 Å². The van der Waals surface area contributed by atoms with Crippen LogP contribution in [0, 0.1) is 5.82 Å². The molecule has 6 nitrogen and oxygen atoms in total. The lowest BCUT2D eigenvalue weighted by Crippen LogP contribution is -2.45. The highest BCUT2D eigenvalue weighted by molar-refractivity contribution is 7.89. The number of hydrogen-bond donors (Lipinski definition) is 2. The van der Waals surface area contributed by atoms with Crippen LogP contribution >= 0.6 is 0 Å². The Morgan fingerprint density at radius 2 is 1.62 bits per heavy atom. The molecule has 0 bridgehead atoms. The van der Waals surface area contributed by atoms with Gasteiger partial charge in [-0.2, -0.15) is 4.72 Å². The highest BCUT2D eigenvalue weighted by Crippen LogP contribution is 2.21. The molecule has 0 spiro atoms. The number of carbonyl (C=O) groups excluding carboxylic acids is 1. The van der Waals surface area contributed by atoms with Gasteiger partial charge in [-0.1, -0.05) is 48.5 Å². The maximum atomic E-state index is 13.3. The van der Waals surface area contributed by atoms with Crippen molar-refractivity contribution < 1.29 is 17.6 Å². The van der Waals surface area contributed by atoms with Crippen LogP contribution in [-0.4, -0.2) is 25.4 Å². The number of nitrogens with zero attached hydrogens (tertiary/aromatic N) is 1. The van der Waals surface area contributed by atoms with E-state index in [1.165, 1.54) is 36.5 Å². The zero-order chi connectivity index (χ0) is 22.6. The van der Waals surface area contributed by atoms with Crippen molar-refractivity contribution >= 4 is 32.5 Å². The minimum absolute atomic E-state index is 0.0109. The first-order valence-corrected chi connectivity index (χ1v) is 11.4. The molecule has 32 heavy (non-hydrogen) atoms. The van der Waals surface area contributed by atoms with Crippen LogP contribution in [0.15, 0.2) is 96.0 Å². The fourth-order valence-corrected chi connectivity index (χ4v) is 4.72. The first-order valence-electron chi connectivity index (χ1n) is 9.89. The van der Waals surface area contributed by atoms with Crippen LogP contribution in [0.3, 0.4) is 0 Å². The van der Waals surface area contributed by atoms with Crippen LogP contribution in [0.4, 0.5) is 10.1 Å². The number of sulfonamides is 1. The number of aromatic nitrogens is 1. The first kappa shape index (κ1) is 21.6. The number of carbonyl (C=O) groups is 1. The van der Waals surface area contributed by atoms with Crippen molar-refractivity contribution in [2.24, 2.45) is 0 Å². The second-order valence-corrected chi connectivity index (χ2v) is 8.87. The number of halogens is 1. The third kappa shape index (κ3) is 4.99. The molecule has 162 valence electrons. The van der Waals surface area contributed by atoms with Gasteiger partial charge in [-0.15, -0.1) is 0 Å². The minimum Gasteiger partial charge on any atom is -0.325 e. The molecule has 0 aliphatic rings. The third-order valence-electron chi connectivity index (χ3n) is 4.89. The molecule has 3 aromatic carbocycles. The first-order chi connectivity index (χ1) is 15.4. The maximum absolute atomic E-state index is 13.3. The average molecular weight is 450 g/mol. The fraction of sp³-hybridized carbons (Fsp3) is 0.0833. The largest absolute Gasteiger partial charge is 0.325 e. The van der Waals surface area contributed by atoms with Gasteiger partial charge in [0.25, 0.3) is 0 Å². The number of anilines is 1. The number of nitrogens with one attached hydrogen (secondary N) is 2. The summed E-state index contributed by atoms with van der Waals surface area (Å²) in [5, 5.41) is 3.32. The normalized spacial score (nSPS) is 12.4. The van der Waals surface area contributed by atoms with E-state index in [4.69, 9.17) is 0 Å². The third-order valence-corrected chi connectivity index (χ3v) is 6.40. The number of rotatable bonds is 7. The molecule has 2 N–H and O–H groups in total. The molecule has 1 aromatic heterocycles. The molecule has 4 rings (SSSR count). The molecular weight excluding hydrogens is 429 g/mol. The van der Waals surface area contributed by atoms with Crippen LogP contribution < -0.4 is 10.0 Å². The van der Waals surface area contributed by atoms with Gasteiger partial charge in [-0.3, -0.25) is 9.78 Å². The summed E-state index contributed by atoms with van der Waals surface area (Å²) in [5.41, 5.74) is 1.46. The van der Waals surface area contributed by atoms with Crippen molar-refractivity contribution in [2.45, 2.75) is 17.4 Å². The Morgan fingerprint density at radius 3 is 2.38 bits per heavy atom. The summed E-state index contributed by atoms with van der Waals surface area (Å²) in [7, 11) is -4.08. The van der Waals surface area contributed by atoms with Crippen molar-refractivity contribution in [1.29, 1.82) is 0 Å². The molecule has 1 heterocycles. The fourth-order valence-electron chi connectivity index (χ4n) is 3.34. The molecule has 0 saturated carbocycles. The molecule has 1 amide bonds. The summed E-state index contributed by atoms with van der Waals surface area (Å²) in [6.45, 7) is 0. The Kier molecular flexibility index (Phi) is 6.25. The zero-order valence-corrected chi connectivity index (χ0v) is 17.7. The highest BCUT2D eigenvalue weighted by atomic mass is 32.2. The van der Waals surface area contributed by atoms with E-state index in [0.29, 0.717) is 16.6 Å². The molecule has 0 fully saturated rings. The molecule has 0 aliphatic carbocycles. The molecule has 0 saturated heterocycles. The van der Waals surface area contributed by atoms with E-state index in [2.05, 4.69) is 15.0 Å². The van der Waals surface area contributed by atoms with Gasteiger partial charge in [-0.05, 0) is 48.4 Å². The molecule has 8 heteroatoms. The SMILES string of the molecule is O=C(Nc1ccc(F)cc1)[C@@H](Cc1ccccc1)NS(=O)(=O)c1cccc2cccnc12. The summed E-state index contributed by atoms with van der Waals surface area (Å²) in [4.78, 5) is 17.2. The molecule has 0 unspecified atom stereocenters. The quantitative estimate of drug-likeness (QED) is 0.448. The predicted octanol–water partition coefficient (Wildman–Crippen LogP) is 3.90. The summed E-state index contributed by atoms with van der Waals surface area (Å²) in [5.74, 6) is -0.995. The topological polar surface area (TPSA) is 88.2 Å². The van der Waals surface area contributed by atoms with E-state index in [-0.39, 0.29) is 11.3 Å². The van der Waals surface area contributed by atoms with Gasteiger partial charge >= 0.3 is 0 Å². The van der Waals surface area contributed by atoms with E-state index in [1.54, 1.807) is 24.3 Å². The number of benzene rings is 3. The summed E-state index contributed by atoms with van der Waals surface area (Å²) in [6, 6.07) is 21.6. The monoisotopic (exact) mass is 449 g/mol. The van der Waals surface area contributed by atoms with Crippen molar-refractivity contribution in [3.8, 4) is 0 Å². The zero-order valence-electron chi connectivity index (χ0n) is 16.9. The Labute approximate surface area is 185 Å². The standard InChI is InChI=1S/C24H20FN3O3S/c25-19-11-13-20(14-12-19)27-24(29)21(16-17-6-2-1-3-7-17)28-32(30,31)22-10-4-8-18-9-5-15-26-23(18)22/h1-15,21,28H,16H2,(H,27,29)/t21-/m1/s1. The van der Waals surface area contributed by atoms with Crippen LogP contribution in [-0.2, 0) is 21.2 Å². The second kappa shape index (κ2) is 9.25. The van der Waals surface area contributed by atoms with E-state index >= 15 is 0 Å². The van der Waals surface area contributed by atoms with Gasteiger partial charge in [0.2, 0.25) is 15.9 Å². The van der Waals surface area contributed by atoms with Crippen LogP contribution in [0.5, 0.6) is 0 Å². The van der Waals surface area contributed by atoms with Gasteiger partial charge < -0.3 is 5.32 Å². The van der Waals surface area contributed by atoms with E-state index in [9.17, 15) is 17.6 Å².